The molecular weight excluding hydrogens is 162 g/mol. The molecule has 1 amide bonds. The maximum absolute atomic E-state index is 11.5. The Morgan fingerprint density at radius 1 is 1.54 bits per heavy atom. The Hall–Kier alpha value is -0.530. The van der Waals surface area contributed by atoms with E-state index in [1.165, 1.54) is 0 Å². The fraction of sp³-hybridized carbons (Fsp3) is 0.818. The van der Waals surface area contributed by atoms with Crippen LogP contribution >= 0.6 is 0 Å². The normalized spacial score (nSPS) is 46.7. The number of rotatable bonds is 1. The Morgan fingerprint density at radius 3 is 2.46 bits per heavy atom. The van der Waals surface area contributed by atoms with Crippen molar-refractivity contribution in [2.24, 2.45) is 28.4 Å². The minimum absolute atomic E-state index is 0.0998. The van der Waals surface area contributed by atoms with Crippen molar-refractivity contribution in [1.82, 2.24) is 0 Å². The Kier molecular flexibility index (Phi) is 1.59. The summed E-state index contributed by atoms with van der Waals surface area (Å²) in [6.07, 6.45) is 4.43. The smallest absolute Gasteiger partial charge is 0.224 e. The molecule has 3 aliphatic carbocycles. The molecule has 0 aromatic heterocycles. The number of carbonyl (C=O) groups excluding carboxylic acids is 1. The number of fused-ring (bicyclic) bond motifs is 2. The van der Waals surface area contributed by atoms with Crippen molar-refractivity contribution in [2.45, 2.75) is 33.6 Å². The third-order valence-corrected chi connectivity index (χ3v) is 4.73. The van der Waals surface area contributed by atoms with Crippen LogP contribution in [0.2, 0.25) is 0 Å². The zero-order valence-corrected chi connectivity index (χ0v) is 8.63. The molecule has 2 N–H and O–H groups in total. The summed E-state index contributed by atoms with van der Waals surface area (Å²) in [4.78, 5) is 11.5. The molecule has 2 heteroatoms. The van der Waals surface area contributed by atoms with Crippen molar-refractivity contribution in [1.29, 1.82) is 0 Å². The van der Waals surface area contributed by atoms with Gasteiger partial charge in [-0.25, -0.2) is 0 Å². The van der Waals surface area contributed by atoms with Gasteiger partial charge >= 0.3 is 0 Å². The van der Waals surface area contributed by atoms with E-state index in [1.54, 1.807) is 0 Å². The molecule has 3 saturated carbocycles. The summed E-state index contributed by atoms with van der Waals surface area (Å²) in [7, 11) is 0. The molecule has 73 valence electrons. The summed E-state index contributed by atoms with van der Waals surface area (Å²) in [5, 5.41) is 0. The summed E-state index contributed by atoms with van der Waals surface area (Å²) >= 11 is 0. The highest BCUT2D eigenvalue weighted by molar-refractivity contribution is 5.84. The van der Waals surface area contributed by atoms with Crippen LogP contribution in [0.4, 0.5) is 0 Å². The standard InChI is InChI=1S/C11H18NO/c1-7-4-5-8-6-11(7,9(12)13)10(8,2)3/h4,7-8H,5-6H2,1-3H3,(H2,12,13). The molecule has 0 spiro atoms. The number of carbonyl (C=O) groups is 1. The van der Waals surface area contributed by atoms with Crippen LogP contribution < -0.4 is 5.73 Å². The van der Waals surface area contributed by atoms with Gasteiger partial charge in [0.25, 0.3) is 0 Å². The van der Waals surface area contributed by atoms with Gasteiger partial charge in [0, 0.05) is 0 Å². The van der Waals surface area contributed by atoms with Gasteiger partial charge in [-0.1, -0.05) is 20.8 Å². The highest BCUT2D eigenvalue weighted by atomic mass is 16.1. The first-order valence-electron chi connectivity index (χ1n) is 5.06. The predicted octanol–water partition coefficient (Wildman–Crippen LogP) is 1.75. The van der Waals surface area contributed by atoms with Crippen molar-refractivity contribution in [3.05, 3.63) is 6.42 Å². The van der Waals surface area contributed by atoms with Gasteiger partial charge in [-0.2, -0.15) is 0 Å². The number of primary amides is 1. The van der Waals surface area contributed by atoms with E-state index >= 15 is 0 Å². The summed E-state index contributed by atoms with van der Waals surface area (Å²) < 4.78 is 0. The Labute approximate surface area is 79.9 Å². The molecule has 3 fully saturated rings. The molecule has 0 saturated heterocycles. The first-order valence-corrected chi connectivity index (χ1v) is 5.06. The quantitative estimate of drug-likeness (QED) is 0.656. The Morgan fingerprint density at radius 2 is 2.15 bits per heavy atom. The van der Waals surface area contributed by atoms with E-state index in [-0.39, 0.29) is 16.7 Å². The lowest BCUT2D eigenvalue weighted by molar-refractivity contribution is -0.186. The fourth-order valence-corrected chi connectivity index (χ4v) is 3.50. The van der Waals surface area contributed by atoms with Gasteiger partial charge in [-0.15, -0.1) is 0 Å². The van der Waals surface area contributed by atoms with Crippen molar-refractivity contribution >= 4 is 5.91 Å². The number of hydrogen-bond acceptors (Lipinski definition) is 1. The Balaban J connectivity index is 2.39. The van der Waals surface area contributed by atoms with E-state index in [9.17, 15) is 4.79 Å². The number of hydrogen-bond donors (Lipinski definition) is 1. The van der Waals surface area contributed by atoms with E-state index in [0.29, 0.717) is 11.8 Å². The van der Waals surface area contributed by atoms with E-state index in [0.717, 1.165) is 12.8 Å². The highest BCUT2D eigenvalue weighted by Crippen LogP contribution is 2.69. The summed E-state index contributed by atoms with van der Waals surface area (Å²) in [5.41, 5.74) is 5.42. The molecule has 2 nitrogen and oxygen atoms in total. The molecule has 3 atom stereocenters. The highest BCUT2D eigenvalue weighted by Gasteiger charge is 2.67. The predicted molar refractivity (Wildman–Crippen MR) is 51.6 cm³/mol. The van der Waals surface area contributed by atoms with Crippen LogP contribution in [0.5, 0.6) is 0 Å². The lowest BCUT2D eigenvalue weighted by Gasteiger charge is -2.66. The van der Waals surface area contributed by atoms with Gasteiger partial charge in [0.2, 0.25) is 5.91 Å². The molecule has 13 heavy (non-hydrogen) atoms. The summed E-state index contributed by atoms with van der Waals surface area (Å²) in [6.45, 7) is 6.51. The zero-order chi connectivity index (χ0) is 9.85. The third kappa shape index (κ3) is 0.773. The van der Waals surface area contributed by atoms with Crippen molar-refractivity contribution in [2.75, 3.05) is 0 Å². The minimum Gasteiger partial charge on any atom is -0.369 e. The van der Waals surface area contributed by atoms with E-state index in [4.69, 9.17) is 5.73 Å². The zero-order valence-electron chi connectivity index (χ0n) is 8.63. The first kappa shape index (κ1) is 9.04. The lowest BCUT2D eigenvalue weighted by Crippen LogP contribution is -2.67. The van der Waals surface area contributed by atoms with E-state index < -0.39 is 0 Å². The maximum Gasteiger partial charge on any atom is 0.224 e. The van der Waals surface area contributed by atoms with Crippen LogP contribution in [0.25, 0.3) is 0 Å². The average molecular weight is 180 g/mol. The van der Waals surface area contributed by atoms with Gasteiger partial charge < -0.3 is 5.73 Å². The van der Waals surface area contributed by atoms with Gasteiger partial charge in [0.15, 0.2) is 0 Å². The third-order valence-electron chi connectivity index (χ3n) is 4.73. The monoisotopic (exact) mass is 180 g/mol. The average Bonchev–Trinajstić information content (AvgIpc) is 2.02. The van der Waals surface area contributed by atoms with E-state index in [2.05, 4.69) is 27.2 Å². The summed E-state index contributed by atoms with van der Waals surface area (Å²) in [6, 6.07) is 0. The molecule has 0 aromatic rings. The van der Waals surface area contributed by atoms with Crippen LogP contribution in [0.15, 0.2) is 0 Å². The number of nitrogens with two attached hydrogens (primary N) is 1. The van der Waals surface area contributed by atoms with Gasteiger partial charge in [-0.05, 0) is 36.5 Å². The van der Waals surface area contributed by atoms with Crippen LogP contribution in [0.1, 0.15) is 33.6 Å². The maximum atomic E-state index is 11.5. The topological polar surface area (TPSA) is 43.1 Å². The molecule has 0 heterocycles. The molecule has 0 aromatic carbocycles. The molecule has 0 aliphatic heterocycles. The van der Waals surface area contributed by atoms with Crippen molar-refractivity contribution in [3.8, 4) is 0 Å². The first-order chi connectivity index (χ1) is 5.93. The molecule has 3 aliphatic rings. The fourth-order valence-electron chi connectivity index (χ4n) is 3.50. The molecule has 3 unspecified atom stereocenters. The lowest BCUT2D eigenvalue weighted by atomic mass is 9.36. The SMILES string of the molecule is CC1[CH]CC2CC1(C(N)=O)C2(C)C. The molecule has 3 rings (SSSR count). The largest absolute Gasteiger partial charge is 0.369 e. The Bertz CT molecular complexity index is 259. The van der Waals surface area contributed by atoms with Gasteiger partial charge in [-0.3, -0.25) is 4.79 Å². The van der Waals surface area contributed by atoms with E-state index in [1.807, 2.05) is 0 Å². The summed E-state index contributed by atoms with van der Waals surface area (Å²) in [5.74, 6) is 0.929. The minimum atomic E-state index is -0.240. The molecule has 2 bridgehead atoms. The van der Waals surface area contributed by atoms with Crippen LogP contribution in [0, 0.1) is 29.1 Å². The second kappa shape index (κ2) is 2.28. The van der Waals surface area contributed by atoms with Gasteiger partial charge in [0.1, 0.15) is 0 Å². The molecular formula is C11H18NO. The van der Waals surface area contributed by atoms with Crippen molar-refractivity contribution < 1.29 is 4.79 Å². The second-order valence-corrected chi connectivity index (χ2v) is 5.22. The molecule has 1 radical (unpaired) electrons. The van der Waals surface area contributed by atoms with Crippen LogP contribution in [-0.4, -0.2) is 5.91 Å². The van der Waals surface area contributed by atoms with Crippen LogP contribution in [0.3, 0.4) is 0 Å². The number of amides is 1. The van der Waals surface area contributed by atoms with Crippen molar-refractivity contribution in [3.63, 3.8) is 0 Å². The van der Waals surface area contributed by atoms with Gasteiger partial charge in [0.05, 0.1) is 5.41 Å². The van der Waals surface area contributed by atoms with Crippen LogP contribution in [-0.2, 0) is 4.79 Å². The second-order valence-electron chi connectivity index (χ2n) is 5.22.